The first-order chi connectivity index (χ1) is 10.2. The Bertz CT molecular complexity index is 812. The molecule has 2 heterocycles. The Morgan fingerprint density at radius 2 is 2.10 bits per heavy atom. The number of H-pyrrole nitrogens is 1. The van der Waals surface area contributed by atoms with Crippen LogP contribution < -0.4 is 0 Å². The Hall–Kier alpha value is -2.05. The second-order valence-corrected chi connectivity index (χ2v) is 6.19. The Labute approximate surface area is 131 Å². The number of aromatic nitrogens is 3. The number of aromatic amines is 1. The van der Waals surface area contributed by atoms with E-state index in [1.165, 1.54) is 10.4 Å². The van der Waals surface area contributed by atoms with E-state index in [0.29, 0.717) is 4.77 Å². The number of hydrogen-bond donors (Lipinski definition) is 1. The first kappa shape index (κ1) is 13.9. The maximum atomic E-state index is 5.11. The molecule has 106 valence electrons. The summed E-state index contributed by atoms with van der Waals surface area (Å²) in [5, 5.41) is 11.1. The van der Waals surface area contributed by atoms with E-state index in [0.717, 1.165) is 17.1 Å². The van der Waals surface area contributed by atoms with E-state index in [4.69, 9.17) is 12.2 Å². The fourth-order valence-corrected chi connectivity index (χ4v) is 3.12. The minimum atomic E-state index is 0.504. The van der Waals surface area contributed by atoms with Crippen molar-refractivity contribution < 1.29 is 0 Å². The summed E-state index contributed by atoms with van der Waals surface area (Å²) in [5.41, 5.74) is 1.32. The van der Waals surface area contributed by atoms with Crippen LogP contribution >= 0.6 is 23.6 Å². The molecular weight excluding hydrogens is 300 g/mol. The molecule has 21 heavy (non-hydrogen) atoms. The van der Waals surface area contributed by atoms with Gasteiger partial charge in [0.1, 0.15) is 5.82 Å². The highest BCUT2D eigenvalue weighted by atomic mass is 32.1. The van der Waals surface area contributed by atoms with Crippen LogP contribution in [-0.4, -0.2) is 21.1 Å². The highest BCUT2D eigenvalue weighted by molar-refractivity contribution is 7.71. The van der Waals surface area contributed by atoms with Gasteiger partial charge in [0, 0.05) is 16.2 Å². The van der Waals surface area contributed by atoms with Gasteiger partial charge in [0.2, 0.25) is 4.77 Å². The highest BCUT2D eigenvalue weighted by Crippen LogP contribution is 2.18. The third kappa shape index (κ3) is 3.34. The number of hydrogen-bond acceptors (Lipinski definition) is 4. The molecule has 0 spiro atoms. The van der Waals surface area contributed by atoms with Crippen molar-refractivity contribution in [3.63, 3.8) is 0 Å². The van der Waals surface area contributed by atoms with Gasteiger partial charge in [-0.25, -0.2) is 0 Å². The minimum absolute atomic E-state index is 0.504. The molecule has 0 radical (unpaired) electrons. The molecule has 3 rings (SSSR count). The summed E-state index contributed by atoms with van der Waals surface area (Å²) in [6.07, 6.45) is 2.76. The summed E-state index contributed by atoms with van der Waals surface area (Å²) >= 11 is 6.85. The lowest BCUT2D eigenvalue weighted by atomic mass is 10.1. The van der Waals surface area contributed by atoms with Gasteiger partial charge in [-0.1, -0.05) is 30.3 Å². The van der Waals surface area contributed by atoms with E-state index < -0.39 is 0 Å². The molecule has 6 heteroatoms. The SMILES string of the molecule is Cc1n[nH]c(=S)n1N=Cc1ccc(Cc2ccccc2)s1. The molecule has 4 nitrogen and oxygen atoms in total. The second kappa shape index (κ2) is 6.15. The van der Waals surface area contributed by atoms with E-state index in [2.05, 4.69) is 51.7 Å². The number of aryl methyl sites for hydroxylation is 1. The summed E-state index contributed by atoms with van der Waals surface area (Å²) in [4.78, 5) is 2.42. The molecule has 0 saturated carbocycles. The van der Waals surface area contributed by atoms with Gasteiger partial charge in [-0.05, 0) is 36.8 Å². The lowest BCUT2D eigenvalue weighted by molar-refractivity contribution is 0.821. The normalized spacial score (nSPS) is 11.3. The van der Waals surface area contributed by atoms with Crippen molar-refractivity contribution in [2.24, 2.45) is 5.10 Å². The zero-order valence-corrected chi connectivity index (χ0v) is 13.1. The minimum Gasteiger partial charge on any atom is -0.250 e. The molecule has 0 amide bonds. The highest BCUT2D eigenvalue weighted by Gasteiger charge is 2.01. The van der Waals surface area contributed by atoms with Crippen molar-refractivity contribution in [1.82, 2.24) is 14.9 Å². The quantitative estimate of drug-likeness (QED) is 0.588. The van der Waals surface area contributed by atoms with Gasteiger partial charge < -0.3 is 0 Å². The molecule has 0 aliphatic carbocycles. The van der Waals surface area contributed by atoms with Crippen molar-refractivity contribution in [3.8, 4) is 0 Å². The van der Waals surface area contributed by atoms with Crippen molar-refractivity contribution in [2.75, 3.05) is 0 Å². The van der Waals surface area contributed by atoms with Crippen LogP contribution in [0.25, 0.3) is 0 Å². The van der Waals surface area contributed by atoms with Crippen LogP contribution in [0.5, 0.6) is 0 Å². The van der Waals surface area contributed by atoms with Crippen LogP contribution in [0.3, 0.4) is 0 Å². The zero-order valence-electron chi connectivity index (χ0n) is 11.5. The Kier molecular flexibility index (Phi) is 4.08. The lowest BCUT2D eigenvalue weighted by Gasteiger charge is -1.96. The Morgan fingerprint density at radius 1 is 1.29 bits per heavy atom. The second-order valence-electron chi connectivity index (χ2n) is 4.60. The average Bonchev–Trinajstić information content (AvgIpc) is 3.06. The van der Waals surface area contributed by atoms with Crippen molar-refractivity contribution >= 4 is 29.8 Å². The molecule has 0 atom stereocenters. The molecule has 0 saturated heterocycles. The van der Waals surface area contributed by atoms with Gasteiger partial charge >= 0.3 is 0 Å². The van der Waals surface area contributed by atoms with Crippen LogP contribution in [0.2, 0.25) is 0 Å². The zero-order chi connectivity index (χ0) is 14.7. The number of nitrogens with one attached hydrogen (secondary N) is 1. The van der Waals surface area contributed by atoms with Crippen LogP contribution in [0.1, 0.15) is 21.1 Å². The molecule has 1 aromatic carbocycles. The largest absolute Gasteiger partial charge is 0.250 e. The van der Waals surface area contributed by atoms with Gasteiger partial charge in [0.05, 0.1) is 6.21 Å². The molecule has 0 bridgehead atoms. The van der Waals surface area contributed by atoms with Crippen LogP contribution in [0.4, 0.5) is 0 Å². The molecule has 1 N–H and O–H groups in total. The summed E-state index contributed by atoms with van der Waals surface area (Å²) in [6.45, 7) is 1.86. The predicted molar refractivity (Wildman–Crippen MR) is 88.7 cm³/mol. The average molecular weight is 314 g/mol. The molecule has 0 unspecified atom stereocenters. The summed E-state index contributed by atoms with van der Waals surface area (Å²) in [5.74, 6) is 0.748. The predicted octanol–water partition coefficient (Wildman–Crippen LogP) is 3.78. The monoisotopic (exact) mass is 314 g/mol. The molecule has 2 aromatic heterocycles. The van der Waals surface area contributed by atoms with Crippen LogP contribution in [0.15, 0.2) is 47.6 Å². The maximum absolute atomic E-state index is 5.11. The first-order valence-corrected chi connectivity index (χ1v) is 7.76. The topological polar surface area (TPSA) is 46.0 Å². The van der Waals surface area contributed by atoms with Crippen molar-refractivity contribution in [2.45, 2.75) is 13.3 Å². The number of nitrogens with zero attached hydrogens (tertiary/aromatic N) is 3. The Balaban J connectivity index is 1.75. The molecule has 0 fully saturated rings. The first-order valence-electron chi connectivity index (χ1n) is 6.53. The smallest absolute Gasteiger partial charge is 0.216 e. The lowest BCUT2D eigenvalue weighted by Crippen LogP contribution is -1.92. The Morgan fingerprint density at radius 3 is 2.81 bits per heavy atom. The third-order valence-electron chi connectivity index (χ3n) is 3.02. The van der Waals surface area contributed by atoms with Crippen molar-refractivity contribution in [3.05, 3.63) is 68.4 Å². The number of benzene rings is 1. The van der Waals surface area contributed by atoms with Gasteiger partial charge in [-0.2, -0.15) is 14.9 Å². The van der Waals surface area contributed by atoms with Crippen LogP contribution in [0, 0.1) is 11.7 Å². The fourth-order valence-electron chi connectivity index (χ4n) is 1.98. The van der Waals surface area contributed by atoms with Gasteiger partial charge in [-0.15, -0.1) is 11.3 Å². The van der Waals surface area contributed by atoms with Gasteiger partial charge in [-0.3, -0.25) is 5.10 Å². The molecule has 0 aliphatic rings. The van der Waals surface area contributed by atoms with E-state index in [9.17, 15) is 0 Å². The standard InChI is InChI=1S/C15H14N4S2/c1-11-17-18-15(20)19(11)16-10-14-8-7-13(21-14)9-12-5-3-2-4-6-12/h2-8,10H,9H2,1H3,(H,18,20). The number of thiophene rings is 1. The van der Waals surface area contributed by atoms with Crippen LogP contribution in [-0.2, 0) is 6.42 Å². The molecule has 3 aromatic rings. The molecule has 0 aliphatic heterocycles. The maximum Gasteiger partial charge on any atom is 0.216 e. The van der Waals surface area contributed by atoms with E-state index in [1.54, 1.807) is 16.0 Å². The molecular formula is C15H14N4S2. The van der Waals surface area contributed by atoms with E-state index in [-0.39, 0.29) is 0 Å². The fraction of sp³-hybridized carbons (Fsp3) is 0.133. The van der Waals surface area contributed by atoms with E-state index in [1.807, 2.05) is 19.2 Å². The van der Waals surface area contributed by atoms with Gasteiger partial charge in [0.15, 0.2) is 0 Å². The van der Waals surface area contributed by atoms with Gasteiger partial charge in [0.25, 0.3) is 0 Å². The summed E-state index contributed by atoms with van der Waals surface area (Å²) in [6, 6.07) is 14.7. The number of rotatable bonds is 4. The summed E-state index contributed by atoms with van der Waals surface area (Å²) < 4.78 is 2.12. The van der Waals surface area contributed by atoms with Crippen molar-refractivity contribution in [1.29, 1.82) is 0 Å². The van der Waals surface area contributed by atoms with E-state index >= 15 is 0 Å². The third-order valence-corrected chi connectivity index (χ3v) is 4.30. The summed E-state index contributed by atoms with van der Waals surface area (Å²) in [7, 11) is 0.